The van der Waals surface area contributed by atoms with E-state index in [4.69, 9.17) is 0 Å². The Bertz CT molecular complexity index is 325. The minimum absolute atomic E-state index is 0.402. The summed E-state index contributed by atoms with van der Waals surface area (Å²) in [6, 6.07) is 3.31. The first-order valence-corrected chi connectivity index (χ1v) is 5.95. The molecule has 10 heavy (non-hydrogen) atoms. The second-order valence-corrected chi connectivity index (χ2v) is 6.54. The van der Waals surface area contributed by atoms with Gasteiger partial charge in [-0.25, -0.2) is 8.42 Å². The Morgan fingerprint density at radius 2 is 2.10 bits per heavy atom. The van der Waals surface area contributed by atoms with Gasteiger partial charge in [0.25, 0.3) is 0 Å². The van der Waals surface area contributed by atoms with Crippen LogP contribution in [0.2, 0.25) is 0 Å². The first-order chi connectivity index (χ1) is 4.50. The Labute approximate surface area is 71.9 Å². The van der Waals surface area contributed by atoms with Crippen molar-refractivity contribution in [3.05, 3.63) is 15.9 Å². The minimum Gasteiger partial charge on any atom is -0.223 e. The van der Waals surface area contributed by atoms with Crippen molar-refractivity contribution in [2.75, 3.05) is 6.26 Å². The van der Waals surface area contributed by atoms with Crippen LogP contribution in [-0.4, -0.2) is 14.7 Å². The third kappa shape index (κ3) is 1.81. The van der Waals surface area contributed by atoms with E-state index in [1.165, 1.54) is 17.6 Å². The number of halogens is 1. The van der Waals surface area contributed by atoms with Gasteiger partial charge in [0.2, 0.25) is 0 Å². The SMILES string of the molecule is CS(=O)(=O)c1ccc(Br)s1. The van der Waals surface area contributed by atoms with Crippen LogP contribution < -0.4 is 0 Å². The van der Waals surface area contributed by atoms with Gasteiger partial charge in [0, 0.05) is 6.26 Å². The van der Waals surface area contributed by atoms with Crippen LogP contribution in [0.15, 0.2) is 20.1 Å². The lowest BCUT2D eigenvalue weighted by molar-refractivity contribution is 0.604. The molecule has 0 unspecified atom stereocenters. The highest BCUT2D eigenvalue weighted by Crippen LogP contribution is 2.25. The number of hydrogen-bond acceptors (Lipinski definition) is 3. The predicted octanol–water partition coefficient (Wildman–Crippen LogP) is 1.91. The van der Waals surface area contributed by atoms with E-state index in [-0.39, 0.29) is 0 Å². The molecule has 0 N–H and O–H groups in total. The highest BCUT2D eigenvalue weighted by atomic mass is 79.9. The van der Waals surface area contributed by atoms with E-state index in [9.17, 15) is 8.42 Å². The lowest BCUT2D eigenvalue weighted by Crippen LogP contribution is -1.91. The quantitative estimate of drug-likeness (QED) is 0.752. The average molecular weight is 241 g/mol. The molecule has 0 aromatic carbocycles. The summed E-state index contributed by atoms with van der Waals surface area (Å²) in [5, 5.41) is 0. The van der Waals surface area contributed by atoms with E-state index in [2.05, 4.69) is 15.9 Å². The molecule has 0 spiro atoms. The Morgan fingerprint density at radius 1 is 1.50 bits per heavy atom. The maximum absolute atomic E-state index is 10.8. The molecule has 56 valence electrons. The van der Waals surface area contributed by atoms with Gasteiger partial charge in [-0.2, -0.15) is 0 Å². The monoisotopic (exact) mass is 240 g/mol. The van der Waals surface area contributed by atoms with Crippen molar-refractivity contribution in [3.63, 3.8) is 0 Å². The van der Waals surface area contributed by atoms with Crippen molar-refractivity contribution in [1.82, 2.24) is 0 Å². The summed E-state index contributed by atoms with van der Waals surface area (Å²) < 4.78 is 22.9. The summed E-state index contributed by atoms with van der Waals surface area (Å²) in [6.07, 6.45) is 1.20. The van der Waals surface area contributed by atoms with E-state index in [1.54, 1.807) is 12.1 Å². The van der Waals surface area contributed by atoms with Crippen LogP contribution >= 0.6 is 27.3 Å². The fraction of sp³-hybridized carbons (Fsp3) is 0.200. The topological polar surface area (TPSA) is 34.1 Å². The van der Waals surface area contributed by atoms with E-state index >= 15 is 0 Å². The number of rotatable bonds is 1. The summed E-state index contributed by atoms with van der Waals surface area (Å²) in [4.78, 5) is 0. The first kappa shape index (κ1) is 8.23. The zero-order chi connectivity index (χ0) is 7.78. The average Bonchev–Trinajstić information content (AvgIpc) is 2.11. The molecule has 1 heterocycles. The van der Waals surface area contributed by atoms with Gasteiger partial charge in [0.1, 0.15) is 4.21 Å². The molecule has 0 bridgehead atoms. The Balaban J connectivity index is 3.21. The molecule has 2 nitrogen and oxygen atoms in total. The van der Waals surface area contributed by atoms with Crippen LogP contribution in [0.25, 0.3) is 0 Å². The van der Waals surface area contributed by atoms with E-state index in [1.807, 2.05) is 0 Å². The molecular weight excluding hydrogens is 236 g/mol. The van der Waals surface area contributed by atoms with Crippen LogP contribution in [0.1, 0.15) is 0 Å². The van der Waals surface area contributed by atoms with Gasteiger partial charge in [-0.1, -0.05) is 0 Å². The summed E-state index contributed by atoms with van der Waals surface area (Å²) in [5.74, 6) is 0. The van der Waals surface area contributed by atoms with Crippen molar-refractivity contribution in [2.45, 2.75) is 4.21 Å². The largest absolute Gasteiger partial charge is 0.223 e. The molecule has 0 aliphatic carbocycles. The van der Waals surface area contributed by atoms with E-state index in [0.717, 1.165) is 3.79 Å². The molecule has 0 saturated carbocycles. The van der Waals surface area contributed by atoms with E-state index < -0.39 is 9.84 Å². The van der Waals surface area contributed by atoms with Crippen molar-refractivity contribution in [3.8, 4) is 0 Å². The summed E-state index contributed by atoms with van der Waals surface area (Å²) in [6.45, 7) is 0. The summed E-state index contributed by atoms with van der Waals surface area (Å²) in [5.41, 5.74) is 0. The molecule has 0 atom stereocenters. The first-order valence-electron chi connectivity index (χ1n) is 2.45. The maximum Gasteiger partial charge on any atom is 0.184 e. The van der Waals surface area contributed by atoms with Gasteiger partial charge in [0.15, 0.2) is 9.84 Å². The van der Waals surface area contributed by atoms with Gasteiger partial charge in [-0.15, -0.1) is 11.3 Å². The molecule has 1 aromatic heterocycles. The van der Waals surface area contributed by atoms with Gasteiger partial charge in [0.05, 0.1) is 3.79 Å². The molecule has 0 aliphatic heterocycles. The summed E-state index contributed by atoms with van der Waals surface area (Å²) in [7, 11) is -2.99. The molecule has 1 aromatic rings. The number of sulfone groups is 1. The lowest BCUT2D eigenvalue weighted by Gasteiger charge is -1.86. The number of thiophene rings is 1. The molecule has 0 aliphatic rings. The molecular formula is C5H5BrO2S2. The Kier molecular flexibility index (Phi) is 2.17. The Morgan fingerprint density at radius 3 is 2.30 bits per heavy atom. The van der Waals surface area contributed by atoms with Crippen LogP contribution in [0.3, 0.4) is 0 Å². The predicted molar refractivity (Wildman–Crippen MR) is 45.1 cm³/mol. The third-order valence-electron chi connectivity index (χ3n) is 0.914. The van der Waals surface area contributed by atoms with E-state index in [0.29, 0.717) is 4.21 Å². The van der Waals surface area contributed by atoms with Crippen LogP contribution in [0, 0.1) is 0 Å². The lowest BCUT2D eigenvalue weighted by atomic mass is 10.7. The van der Waals surface area contributed by atoms with Gasteiger partial charge in [-0.3, -0.25) is 0 Å². The number of hydrogen-bond donors (Lipinski definition) is 0. The smallest absolute Gasteiger partial charge is 0.184 e. The van der Waals surface area contributed by atoms with Crippen molar-refractivity contribution < 1.29 is 8.42 Å². The zero-order valence-electron chi connectivity index (χ0n) is 5.17. The van der Waals surface area contributed by atoms with Gasteiger partial charge >= 0.3 is 0 Å². The van der Waals surface area contributed by atoms with Crippen molar-refractivity contribution in [2.24, 2.45) is 0 Å². The highest BCUT2D eigenvalue weighted by Gasteiger charge is 2.08. The van der Waals surface area contributed by atoms with Gasteiger partial charge in [-0.05, 0) is 28.1 Å². The molecule has 1 rings (SSSR count). The summed E-state index contributed by atoms with van der Waals surface area (Å²) >= 11 is 4.40. The molecule has 0 saturated heterocycles. The fourth-order valence-corrected chi connectivity index (χ4v) is 3.13. The minimum atomic E-state index is -2.99. The third-order valence-corrected chi connectivity index (χ3v) is 4.36. The molecule has 0 fully saturated rings. The molecule has 0 radical (unpaired) electrons. The second-order valence-electron chi connectivity index (χ2n) is 1.83. The van der Waals surface area contributed by atoms with Crippen LogP contribution in [-0.2, 0) is 9.84 Å². The van der Waals surface area contributed by atoms with Gasteiger partial charge < -0.3 is 0 Å². The van der Waals surface area contributed by atoms with Crippen LogP contribution in [0.4, 0.5) is 0 Å². The molecule has 5 heteroatoms. The second kappa shape index (κ2) is 2.64. The normalized spacial score (nSPS) is 11.8. The Hall–Kier alpha value is 0.130. The van der Waals surface area contributed by atoms with Crippen molar-refractivity contribution >= 4 is 37.1 Å². The van der Waals surface area contributed by atoms with Crippen LogP contribution in [0.5, 0.6) is 0 Å². The standard InChI is InChI=1S/C5H5BrO2S2/c1-10(7,8)5-3-2-4(6)9-5/h2-3H,1H3. The van der Waals surface area contributed by atoms with Crippen molar-refractivity contribution in [1.29, 1.82) is 0 Å². The molecule has 0 amide bonds. The zero-order valence-corrected chi connectivity index (χ0v) is 8.38. The fourth-order valence-electron chi connectivity index (χ4n) is 0.497. The highest BCUT2D eigenvalue weighted by molar-refractivity contribution is 9.11. The maximum atomic E-state index is 10.8.